The third kappa shape index (κ3) is 3.61. The molecule has 1 spiro atoms. The second-order valence-corrected chi connectivity index (χ2v) is 8.62. The zero-order valence-electron chi connectivity index (χ0n) is 16.1. The van der Waals surface area contributed by atoms with E-state index in [-0.39, 0.29) is 29.4 Å². The molecule has 0 atom stereocenters. The molecule has 3 heterocycles. The van der Waals surface area contributed by atoms with Crippen LogP contribution in [-0.4, -0.2) is 68.3 Å². The topological polar surface area (TPSA) is 78.7 Å². The third-order valence-corrected chi connectivity index (χ3v) is 6.95. The maximum atomic E-state index is 12.7. The summed E-state index contributed by atoms with van der Waals surface area (Å²) in [7, 11) is 1.80. The Bertz CT molecular complexity index is 700. The molecule has 4 rings (SSSR count). The number of hydrogen-bond acceptors (Lipinski definition) is 4. The lowest BCUT2D eigenvalue weighted by Gasteiger charge is -2.50. The first-order valence-corrected chi connectivity index (χ1v) is 10.2. The zero-order valence-corrected chi connectivity index (χ0v) is 16.1. The summed E-state index contributed by atoms with van der Waals surface area (Å²) < 4.78 is 1.63. The van der Waals surface area contributed by atoms with Crippen molar-refractivity contribution < 1.29 is 14.7 Å². The van der Waals surface area contributed by atoms with Gasteiger partial charge in [-0.25, -0.2) is 0 Å². The Morgan fingerprint density at radius 1 is 1.19 bits per heavy atom. The van der Waals surface area contributed by atoms with Crippen molar-refractivity contribution in [2.45, 2.75) is 63.5 Å². The first-order valence-electron chi connectivity index (χ1n) is 10.2. The number of piperidine rings is 2. The maximum absolute atomic E-state index is 12.7. The number of carbonyl (C=O) groups is 2. The molecule has 1 N–H and O–H groups in total. The molecule has 27 heavy (non-hydrogen) atoms. The van der Waals surface area contributed by atoms with E-state index in [4.69, 9.17) is 0 Å². The van der Waals surface area contributed by atoms with Crippen molar-refractivity contribution in [2.75, 3.05) is 19.6 Å². The van der Waals surface area contributed by atoms with E-state index in [9.17, 15) is 14.7 Å². The highest BCUT2D eigenvalue weighted by atomic mass is 16.3. The molecule has 0 aromatic carbocycles. The van der Waals surface area contributed by atoms with Crippen molar-refractivity contribution in [2.24, 2.45) is 12.5 Å². The molecule has 1 aliphatic carbocycles. The average Bonchev–Trinajstić information content (AvgIpc) is 3.11. The van der Waals surface area contributed by atoms with Crippen LogP contribution in [0.3, 0.4) is 0 Å². The predicted octanol–water partition coefficient (Wildman–Crippen LogP) is 1.57. The van der Waals surface area contributed by atoms with Crippen molar-refractivity contribution in [3.05, 3.63) is 18.0 Å². The van der Waals surface area contributed by atoms with Crippen molar-refractivity contribution in [3.8, 4) is 0 Å². The van der Waals surface area contributed by atoms with Gasteiger partial charge >= 0.3 is 0 Å². The second kappa shape index (κ2) is 7.26. The molecule has 7 heteroatoms. The number of carbonyl (C=O) groups excluding carboxylic acids is 2. The molecule has 1 aromatic heterocycles. The van der Waals surface area contributed by atoms with Gasteiger partial charge in [-0.2, -0.15) is 5.10 Å². The smallest absolute Gasteiger partial charge is 0.272 e. The highest BCUT2D eigenvalue weighted by molar-refractivity contribution is 5.92. The highest BCUT2D eigenvalue weighted by Gasteiger charge is 2.44. The number of amides is 2. The van der Waals surface area contributed by atoms with Gasteiger partial charge in [-0.1, -0.05) is 0 Å². The van der Waals surface area contributed by atoms with Crippen LogP contribution in [-0.2, 0) is 11.8 Å². The number of rotatable bonds is 2. The lowest BCUT2D eigenvalue weighted by Crippen LogP contribution is -2.55. The lowest BCUT2D eigenvalue weighted by molar-refractivity contribution is -0.143. The van der Waals surface area contributed by atoms with Gasteiger partial charge in [0.1, 0.15) is 5.69 Å². The standard InChI is InChI=1S/C20H30N4O3/c1-22-17(7-11-21-22)19(27)23-12-9-20(10-13-23)8-6-18(26)24(14-20)15-2-4-16(25)5-3-15/h7,11,15-16,25H,2-6,8-10,12-14H2,1H3. The normalized spacial score (nSPS) is 28.6. The summed E-state index contributed by atoms with van der Waals surface area (Å²) in [6, 6.07) is 2.05. The van der Waals surface area contributed by atoms with E-state index in [0.717, 1.165) is 64.6 Å². The Balaban J connectivity index is 1.39. The molecule has 3 aliphatic rings. The van der Waals surface area contributed by atoms with Crippen LogP contribution in [0.1, 0.15) is 61.9 Å². The molecule has 148 valence electrons. The first-order chi connectivity index (χ1) is 13.0. The van der Waals surface area contributed by atoms with Crippen LogP contribution in [0.5, 0.6) is 0 Å². The molecule has 1 aromatic rings. The fourth-order valence-electron chi connectivity index (χ4n) is 5.08. The van der Waals surface area contributed by atoms with Crippen LogP contribution in [0, 0.1) is 5.41 Å². The van der Waals surface area contributed by atoms with Crippen LogP contribution in [0.2, 0.25) is 0 Å². The van der Waals surface area contributed by atoms with Gasteiger partial charge in [0, 0.05) is 45.3 Å². The molecule has 0 unspecified atom stereocenters. The number of hydrogen-bond donors (Lipinski definition) is 1. The van der Waals surface area contributed by atoms with Crippen molar-refractivity contribution in [1.29, 1.82) is 0 Å². The SMILES string of the molecule is Cn1nccc1C(=O)N1CCC2(CCC(=O)N(C3CCC(O)CC3)C2)CC1. The molecule has 7 nitrogen and oxygen atoms in total. The summed E-state index contributed by atoms with van der Waals surface area (Å²) >= 11 is 0. The number of aromatic nitrogens is 2. The Hall–Kier alpha value is -1.89. The number of aliphatic hydroxyl groups excluding tert-OH is 1. The van der Waals surface area contributed by atoms with Gasteiger partial charge < -0.3 is 14.9 Å². The Kier molecular flexibility index (Phi) is 4.97. The van der Waals surface area contributed by atoms with E-state index in [0.29, 0.717) is 12.1 Å². The fourth-order valence-corrected chi connectivity index (χ4v) is 5.08. The Labute approximate surface area is 160 Å². The molecule has 3 fully saturated rings. The molecular formula is C20H30N4O3. The minimum Gasteiger partial charge on any atom is -0.393 e. The fraction of sp³-hybridized carbons (Fsp3) is 0.750. The van der Waals surface area contributed by atoms with Gasteiger partial charge in [-0.15, -0.1) is 0 Å². The zero-order chi connectivity index (χ0) is 19.0. The van der Waals surface area contributed by atoms with Crippen molar-refractivity contribution in [3.63, 3.8) is 0 Å². The van der Waals surface area contributed by atoms with Crippen molar-refractivity contribution in [1.82, 2.24) is 19.6 Å². The number of aryl methyl sites for hydroxylation is 1. The van der Waals surface area contributed by atoms with Gasteiger partial charge in [0.2, 0.25) is 5.91 Å². The second-order valence-electron chi connectivity index (χ2n) is 8.62. The molecule has 0 radical (unpaired) electrons. The van der Waals surface area contributed by atoms with Gasteiger partial charge in [-0.3, -0.25) is 14.3 Å². The molecule has 2 aliphatic heterocycles. The summed E-state index contributed by atoms with van der Waals surface area (Å²) in [5, 5.41) is 13.9. The summed E-state index contributed by atoms with van der Waals surface area (Å²) in [5.41, 5.74) is 0.778. The van der Waals surface area contributed by atoms with Crippen LogP contribution in [0.15, 0.2) is 12.3 Å². The number of aliphatic hydroxyl groups is 1. The van der Waals surface area contributed by atoms with E-state index < -0.39 is 0 Å². The molecular weight excluding hydrogens is 344 g/mol. The largest absolute Gasteiger partial charge is 0.393 e. The van der Waals surface area contributed by atoms with Crippen LogP contribution in [0.25, 0.3) is 0 Å². The van der Waals surface area contributed by atoms with Gasteiger partial charge in [0.05, 0.1) is 6.10 Å². The third-order valence-electron chi connectivity index (χ3n) is 6.95. The van der Waals surface area contributed by atoms with Gasteiger partial charge in [0.25, 0.3) is 5.91 Å². The Morgan fingerprint density at radius 2 is 1.89 bits per heavy atom. The summed E-state index contributed by atoms with van der Waals surface area (Å²) in [6.45, 7) is 2.31. The van der Waals surface area contributed by atoms with Crippen LogP contribution >= 0.6 is 0 Å². The van der Waals surface area contributed by atoms with E-state index >= 15 is 0 Å². The van der Waals surface area contributed by atoms with Gasteiger partial charge in [-0.05, 0) is 56.4 Å². The minimum atomic E-state index is -0.198. The van der Waals surface area contributed by atoms with E-state index in [1.54, 1.807) is 24.0 Å². The summed E-state index contributed by atoms with van der Waals surface area (Å²) in [4.78, 5) is 29.3. The van der Waals surface area contributed by atoms with Crippen LogP contribution in [0.4, 0.5) is 0 Å². The summed E-state index contributed by atoms with van der Waals surface area (Å²) in [5.74, 6) is 0.324. The van der Waals surface area contributed by atoms with E-state index in [2.05, 4.69) is 10.00 Å². The molecule has 2 amide bonds. The number of likely N-dealkylation sites (tertiary alicyclic amines) is 2. The van der Waals surface area contributed by atoms with E-state index in [1.165, 1.54) is 0 Å². The maximum Gasteiger partial charge on any atom is 0.272 e. The number of nitrogens with zero attached hydrogens (tertiary/aromatic N) is 4. The monoisotopic (exact) mass is 374 g/mol. The Morgan fingerprint density at radius 3 is 2.52 bits per heavy atom. The first kappa shape index (κ1) is 18.5. The predicted molar refractivity (Wildman–Crippen MR) is 100.0 cm³/mol. The van der Waals surface area contributed by atoms with E-state index in [1.807, 2.05) is 4.90 Å². The van der Waals surface area contributed by atoms with Crippen molar-refractivity contribution >= 4 is 11.8 Å². The highest BCUT2D eigenvalue weighted by Crippen LogP contribution is 2.42. The van der Waals surface area contributed by atoms with Crippen LogP contribution < -0.4 is 0 Å². The molecule has 1 saturated carbocycles. The average molecular weight is 374 g/mol. The minimum absolute atomic E-state index is 0.0508. The quantitative estimate of drug-likeness (QED) is 0.852. The molecule has 0 bridgehead atoms. The lowest BCUT2D eigenvalue weighted by atomic mass is 9.71. The molecule has 2 saturated heterocycles. The summed E-state index contributed by atoms with van der Waals surface area (Å²) in [6.07, 6.45) is 8.34. The van der Waals surface area contributed by atoms with Gasteiger partial charge in [0.15, 0.2) is 0 Å².